The van der Waals surface area contributed by atoms with Crippen LogP contribution in [0.3, 0.4) is 0 Å². The predicted octanol–water partition coefficient (Wildman–Crippen LogP) is 4.19. The van der Waals surface area contributed by atoms with E-state index in [4.69, 9.17) is 26.2 Å². The molecule has 1 aliphatic heterocycles. The maximum atomic E-state index is 12.8. The molecular weight excluding hydrogens is 484 g/mol. The van der Waals surface area contributed by atoms with Gasteiger partial charge >= 0.3 is 5.97 Å². The summed E-state index contributed by atoms with van der Waals surface area (Å²) in [5.41, 5.74) is 1.82. The Morgan fingerprint density at radius 3 is 2.62 bits per heavy atom. The van der Waals surface area contributed by atoms with Crippen molar-refractivity contribution in [2.24, 2.45) is 0 Å². The second-order valence-corrected chi connectivity index (χ2v) is 8.53. The molecule has 0 atom stereocenters. The highest BCUT2D eigenvalue weighted by Crippen LogP contribution is 2.34. The quantitative estimate of drug-likeness (QED) is 0.487. The first-order chi connectivity index (χ1) is 16.2. The van der Waals surface area contributed by atoms with Crippen molar-refractivity contribution < 1.29 is 33.8 Å². The molecule has 2 aromatic carbocycles. The summed E-state index contributed by atoms with van der Waals surface area (Å²) in [5, 5.41) is 11.3. The minimum Gasteiger partial charge on any atom is -0.490 e. The van der Waals surface area contributed by atoms with Crippen LogP contribution in [0.2, 0.25) is 5.02 Å². The number of benzene rings is 2. The van der Waals surface area contributed by atoms with Crippen molar-refractivity contribution in [3.63, 3.8) is 0 Å². The first-order valence-corrected chi connectivity index (χ1v) is 11.3. The number of aliphatic carboxylic acids is 1. The zero-order valence-corrected chi connectivity index (χ0v) is 19.9. The van der Waals surface area contributed by atoms with E-state index in [2.05, 4.69) is 5.32 Å². The number of carboxylic acids is 1. The van der Waals surface area contributed by atoms with Gasteiger partial charge in [-0.15, -0.1) is 0 Å². The van der Waals surface area contributed by atoms with Crippen LogP contribution in [0.4, 0.5) is 10.5 Å². The lowest BCUT2D eigenvalue weighted by Crippen LogP contribution is -2.36. The van der Waals surface area contributed by atoms with E-state index in [1.807, 2.05) is 0 Å². The van der Waals surface area contributed by atoms with Crippen molar-refractivity contribution in [2.75, 3.05) is 25.1 Å². The van der Waals surface area contributed by atoms with Crippen LogP contribution >= 0.6 is 23.4 Å². The normalized spacial score (nSPS) is 14.4. The van der Waals surface area contributed by atoms with Crippen LogP contribution in [0.15, 0.2) is 41.3 Å². The SMILES string of the molecule is CCOc1cc(/C=C2/SC(=O)N(CC(=O)Nc3cc(Cl)ccc3C)C2=O)ccc1OCC(=O)O. The Bertz CT molecular complexity index is 1180. The Hall–Kier alpha value is -3.50. The number of anilines is 1. The molecule has 178 valence electrons. The molecule has 0 bridgehead atoms. The fraction of sp³-hybridized carbons (Fsp3) is 0.217. The average molecular weight is 505 g/mol. The van der Waals surface area contributed by atoms with E-state index < -0.39 is 36.2 Å². The van der Waals surface area contributed by atoms with Crippen LogP contribution in [0.1, 0.15) is 18.1 Å². The van der Waals surface area contributed by atoms with Gasteiger partial charge in [0.25, 0.3) is 11.1 Å². The third-order valence-electron chi connectivity index (χ3n) is 4.57. The van der Waals surface area contributed by atoms with Gasteiger partial charge in [-0.05, 0) is 67.1 Å². The summed E-state index contributed by atoms with van der Waals surface area (Å²) in [7, 11) is 0. The Kier molecular flexibility index (Phi) is 8.19. The van der Waals surface area contributed by atoms with Crippen LogP contribution in [-0.4, -0.2) is 52.8 Å². The molecule has 0 spiro atoms. The zero-order valence-electron chi connectivity index (χ0n) is 18.3. The maximum absolute atomic E-state index is 12.8. The monoisotopic (exact) mass is 504 g/mol. The molecule has 0 aromatic heterocycles. The molecule has 0 saturated carbocycles. The lowest BCUT2D eigenvalue weighted by molar-refractivity contribution is -0.139. The van der Waals surface area contributed by atoms with Gasteiger partial charge in [0, 0.05) is 10.7 Å². The number of amides is 3. The highest BCUT2D eigenvalue weighted by molar-refractivity contribution is 8.18. The molecule has 0 radical (unpaired) electrons. The van der Waals surface area contributed by atoms with Crippen molar-refractivity contribution in [3.05, 3.63) is 57.5 Å². The lowest BCUT2D eigenvalue weighted by atomic mass is 10.2. The molecule has 1 heterocycles. The fourth-order valence-electron chi connectivity index (χ4n) is 2.99. The molecule has 3 amide bonds. The number of ether oxygens (including phenoxy) is 2. The number of nitrogens with zero attached hydrogens (tertiary/aromatic N) is 1. The Morgan fingerprint density at radius 2 is 1.91 bits per heavy atom. The van der Waals surface area contributed by atoms with Gasteiger partial charge in [-0.25, -0.2) is 4.79 Å². The molecule has 2 aromatic rings. The molecule has 1 saturated heterocycles. The Balaban J connectivity index is 1.73. The standard InChI is InChI=1S/C23H21ClN2O7S/c1-3-32-18-8-14(5-7-17(18)33-12-21(28)29)9-19-22(30)26(23(31)34-19)11-20(27)25-16-10-15(24)6-4-13(16)2/h4-10H,3,11-12H2,1-2H3,(H,25,27)(H,28,29)/b19-9+. The number of halogens is 1. The number of rotatable bonds is 9. The van der Waals surface area contributed by atoms with Crippen molar-refractivity contribution >= 4 is 58.1 Å². The van der Waals surface area contributed by atoms with Gasteiger partial charge in [0.15, 0.2) is 18.1 Å². The van der Waals surface area contributed by atoms with Crippen molar-refractivity contribution in [3.8, 4) is 11.5 Å². The molecule has 3 rings (SSSR count). The van der Waals surface area contributed by atoms with Gasteiger partial charge in [0.1, 0.15) is 6.54 Å². The van der Waals surface area contributed by atoms with E-state index in [1.54, 1.807) is 44.2 Å². The van der Waals surface area contributed by atoms with E-state index in [1.165, 1.54) is 12.1 Å². The number of nitrogens with one attached hydrogen (secondary N) is 1. The van der Waals surface area contributed by atoms with Crippen LogP contribution in [0.25, 0.3) is 6.08 Å². The first-order valence-electron chi connectivity index (χ1n) is 10.1. The summed E-state index contributed by atoms with van der Waals surface area (Å²) in [6.45, 7) is 2.89. The number of carboxylic acid groups (broad SMARTS) is 1. The van der Waals surface area contributed by atoms with E-state index in [0.29, 0.717) is 40.4 Å². The highest BCUT2D eigenvalue weighted by atomic mass is 35.5. The molecule has 0 unspecified atom stereocenters. The van der Waals surface area contributed by atoms with Gasteiger partial charge in [-0.3, -0.25) is 19.3 Å². The first kappa shape index (κ1) is 25.1. The summed E-state index contributed by atoms with van der Waals surface area (Å²) in [6, 6.07) is 9.71. The minimum absolute atomic E-state index is 0.137. The number of carbonyl (C=O) groups excluding carboxylic acids is 3. The number of aryl methyl sites for hydroxylation is 1. The largest absolute Gasteiger partial charge is 0.490 e. The van der Waals surface area contributed by atoms with Gasteiger partial charge in [0.05, 0.1) is 11.5 Å². The fourth-order valence-corrected chi connectivity index (χ4v) is 4.00. The third kappa shape index (κ3) is 6.30. The van der Waals surface area contributed by atoms with Crippen molar-refractivity contribution in [2.45, 2.75) is 13.8 Å². The number of hydrogen-bond acceptors (Lipinski definition) is 7. The van der Waals surface area contributed by atoms with Gasteiger partial charge in [-0.2, -0.15) is 0 Å². The van der Waals surface area contributed by atoms with Crippen LogP contribution in [0.5, 0.6) is 11.5 Å². The summed E-state index contributed by atoms with van der Waals surface area (Å²) in [4.78, 5) is 49.4. The molecule has 1 fully saturated rings. The van der Waals surface area contributed by atoms with E-state index in [9.17, 15) is 19.2 Å². The van der Waals surface area contributed by atoms with E-state index in [0.717, 1.165) is 10.5 Å². The van der Waals surface area contributed by atoms with Crippen molar-refractivity contribution in [1.82, 2.24) is 4.90 Å². The number of hydrogen-bond donors (Lipinski definition) is 2. The average Bonchev–Trinajstić information content (AvgIpc) is 3.03. The topological polar surface area (TPSA) is 122 Å². The van der Waals surface area contributed by atoms with Crippen LogP contribution < -0.4 is 14.8 Å². The lowest BCUT2D eigenvalue weighted by Gasteiger charge is -2.14. The summed E-state index contributed by atoms with van der Waals surface area (Å²) >= 11 is 6.68. The van der Waals surface area contributed by atoms with Gasteiger partial charge < -0.3 is 19.9 Å². The Labute approximate surface area is 204 Å². The summed E-state index contributed by atoms with van der Waals surface area (Å²) in [5.74, 6) is -1.73. The molecule has 0 aliphatic carbocycles. The van der Waals surface area contributed by atoms with E-state index in [-0.39, 0.29) is 10.7 Å². The number of carbonyl (C=O) groups is 4. The second kappa shape index (κ2) is 11.1. The predicted molar refractivity (Wildman–Crippen MR) is 128 cm³/mol. The van der Waals surface area contributed by atoms with E-state index >= 15 is 0 Å². The molecule has 11 heteroatoms. The smallest absolute Gasteiger partial charge is 0.341 e. The van der Waals surface area contributed by atoms with Crippen LogP contribution in [-0.2, 0) is 14.4 Å². The molecule has 34 heavy (non-hydrogen) atoms. The second-order valence-electron chi connectivity index (χ2n) is 7.10. The van der Waals surface area contributed by atoms with Crippen molar-refractivity contribution in [1.29, 1.82) is 0 Å². The molecule has 2 N–H and O–H groups in total. The van der Waals surface area contributed by atoms with Gasteiger partial charge in [-0.1, -0.05) is 23.7 Å². The molecule has 1 aliphatic rings. The number of imide groups is 1. The highest BCUT2D eigenvalue weighted by Gasteiger charge is 2.36. The minimum atomic E-state index is -1.13. The zero-order chi connectivity index (χ0) is 24.8. The maximum Gasteiger partial charge on any atom is 0.341 e. The summed E-state index contributed by atoms with van der Waals surface area (Å²) in [6.07, 6.45) is 1.49. The van der Waals surface area contributed by atoms with Gasteiger partial charge in [0.2, 0.25) is 5.91 Å². The molecular formula is C23H21ClN2O7S. The number of thioether (sulfide) groups is 1. The Morgan fingerprint density at radius 1 is 1.15 bits per heavy atom. The summed E-state index contributed by atoms with van der Waals surface area (Å²) < 4.78 is 10.7. The molecule has 9 nitrogen and oxygen atoms in total. The van der Waals surface area contributed by atoms with Crippen LogP contribution in [0, 0.1) is 6.92 Å². The third-order valence-corrected chi connectivity index (χ3v) is 5.71.